The number of thiophene rings is 1. The van der Waals surface area contributed by atoms with Crippen molar-refractivity contribution in [3.8, 4) is 0 Å². The Morgan fingerprint density at radius 1 is 1.00 bits per heavy atom. The Bertz CT molecular complexity index is 1250. The van der Waals surface area contributed by atoms with Crippen molar-refractivity contribution in [1.82, 2.24) is 10.3 Å². The number of piperazine rings is 1. The molecule has 1 aliphatic rings. The van der Waals surface area contributed by atoms with Crippen molar-refractivity contribution in [1.29, 1.82) is 0 Å². The molecule has 0 spiro atoms. The highest BCUT2D eigenvalue weighted by Gasteiger charge is 2.42. The number of halogens is 7. The number of nitrogens with zero attached hydrogens (tertiary/aromatic N) is 2. The molecule has 0 unspecified atom stereocenters. The first-order chi connectivity index (χ1) is 15.4. The van der Waals surface area contributed by atoms with Crippen molar-refractivity contribution >= 4 is 49.5 Å². The van der Waals surface area contributed by atoms with E-state index in [-0.39, 0.29) is 16.6 Å². The molecule has 1 N–H and O–H groups in total. The van der Waals surface area contributed by atoms with Crippen LogP contribution in [0.4, 0.5) is 32.2 Å². The van der Waals surface area contributed by atoms with Crippen molar-refractivity contribution in [3.05, 3.63) is 53.2 Å². The summed E-state index contributed by atoms with van der Waals surface area (Å²) >= 11 is 0.796. The lowest BCUT2D eigenvalue weighted by molar-refractivity contribution is -0.144. The minimum atomic E-state index is -5.15. The third kappa shape index (κ3) is 5.26. The van der Waals surface area contributed by atoms with Crippen LogP contribution in [0.3, 0.4) is 0 Å². The lowest BCUT2D eigenvalue weighted by atomic mass is 10.0. The third-order valence-corrected chi connectivity index (χ3v) is 8.55. The van der Waals surface area contributed by atoms with E-state index < -0.39 is 44.6 Å². The van der Waals surface area contributed by atoms with Gasteiger partial charge in [0.25, 0.3) is 0 Å². The van der Waals surface area contributed by atoms with Crippen LogP contribution in [0.2, 0.25) is 0 Å². The number of hydrogen-bond donors (Lipinski definition) is 1. The van der Waals surface area contributed by atoms with Crippen LogP contribution in [-0.2, 0) is 27.9 Å². The molecule has 0 atom stereocenters. The van der Waals surface area contributed by atoms with Gasteiger partial charge in [-0.1, -0.05) is 6.07 Å². The van der Waals surface area contributed by atoms with Crippen molar-refractivity contribution in [2.75, 3.05) is 31.1 Å². The maximum Gasteiger partial charge on any atom is 0.416 e. The number of anilines is 1. The van der Waals surface area contributed by atoms with Crippen LogP contribution in [0.5, 0.6) is 0 Å². The molecule has 3 aromatic rings. The smallest absolute Gasteiger partial charge is 0.354 e. The molecule has 5 nitrogen and oxygen atoms in total. The standard InChI is InChI=1S/C20H17F6N3O2S2.ClH/c21-19(22,23)14-2-1-3-15(20(24,25)26)13(14)11-33(30,31)17-10-12-16(32-17)4-5-28-18(12)29-8-6-27-7-9-29;/h1-5,10,27H,6-9,11H2;1H. The van der Waals surface area contributed by atoms with Gasteiger partial charge in [0.05, 0.1) is 16.9 Å². The summed E-state index contributed by atoms with van der Waals surface area (Å²) in [6.07, 6.45) is -8.80. The monoisotopic (exact) mass is 545 g/mol. The third-order valence-electron chi connectivity index (χ3n) is 5.25. The number of sulfone groups is 1. The van der Waals surface area contributed by atoms with Gasteiger partial charge in [0, 0.05) is 42.5 Å². The molecule has 2 aromatic heterocycles. The number of pyridine rings is 1. The number of fused-ring (bicyclic) bond motifs is 1. The molecule has 0 radical (unpaired) electrons. The van der Waals surface area contributed by atoms with Gasteiger partial charge in [0.1, 0.15) is 10.0 Å². The Morgan fingerprint density at radius 3 is 2.15 bits per heavy atom. The predicted octanol–water partition coefficient (Wildman–Crippen LogP) is 5.14. The van der Waals surface area contributed by atoms with Crippen LogP contribution >= 0.6 is 23.7 Å². The quantitative estimate of drug-likeness (QED) is 0.460. The minimum Gasteiger partial charge on any atom is -0.354 e. The Labute approximate surface area is 201 Å². The normalized spacial score (nSPS) is 15.4. The van der Waals surface area contributed by atoms with Gasteiger partial charge >= 0.3 is 12.4 Å². The van der Waals surface area contributed by atoms with E-state index in [1.165, 1.54) is 12.3 Å². The molecule has 14 heteroatoms. The molecule has 1 saturated heterocycles. The topological polar surface area (TPSA) is 62.3 Å². The lowest BCUT2D eigenvalue weighted by Gasteiger charge is -2.28. The van der Waals surface area contributed by atoms with Gasteiger partial charge in [-0.25, -0.2) is 13.4 Å². The fourth-order valence-corrected chi connectivity index (χ4v) is 6.61. The van der Waals surface area contributed by atoms with Crippen LogP contribution in [-0.4, -0.2) is 39.6 Å². The van der Waals surface area contributed by atoms with E-state index in [9.17, 15) is 34.8 Å². The van der Waals surface area contributed by atoms with Crippen molar-refractivity contribution in [3.63, 3.8) is 0 Å². The zero-order valence-corrected chi connectivity index (χ0v) is 19.7. The number of aromatic nitrogens is 1. The summed E-state index contributed by atoms with van der Waals surface area (Å²) in [4.78, 5) is 6.26. The molecular formula is C20H18ClF6N3O2S2. The number of hydrogen-bond acceptors (Lipinski definition) is 6. The second-order valence-electron chi connectivity index (χ2n) is 7.44. The minimum absolute atomic E-state index is 0. The summed E-state index contributed by atoms with van der Waals surface area (Å²) in [6.45, 7) is 2.64. The van der Waals surface area contributed by atoms with E-state index in [1.54, 1.807) is 6.07 Å². The summed E-state index contributed by atoms with van der Waals surface area (Å²) < 4.78 is 107. The van der Waals surface area contributed by atoms with Crippen LogP contribution in [0.15, 0.2) is 40.7 Å². The summed E-state index contributed by atoms with van der Waals surface area (Å²) in [5.41, 5.74) is -4.55. The predicted molar refractivity (Wildman–Crippen MR) is 119 cm³/mol. The number of nitrogens with one attached hydrogen (secondary N) is 1. The Morgan fingerprint density at radius 2 is 1.59 bits per heavy atom. The highest BCUT2D eigenvalue weighted by Crippen LogP contribution is 2.42. The van der Waals surface area contributed by atoms with Crippen LogP contribution in [0.25, 0.3) is 10.1 Å². The van der Waals surface area contributed by atoms with E-state index in [0.717, 1.165) is 11.3 Å². The highest BCUT2D eigenvalue weighted by molar-refractivity contribution is 7.92. The first-order valence-electron chi connectivity index (χ1n) is 9.71. The summed E-state index contributed by atoms with van der Waals surface area (Å²) in [5.74, 6) is -0.904. The van der Waals surface area contributed by atoms with Gasteiger partial charge in [0.15, 0.2) is 9.84 Å². The van der Waals surface area contributed by atoms with Crippen LogP contribution < -0.4 is 10.2 Å². The number of alkyl halides is 6. The zero-order valence-electron chi connectivity index (χ0n) is 17.2. The Kier molecular flexibility index (Phi) is 7.42. The molecule has 186 valence electrons. The molecule has 0 bridgehead atoms. The average Bonchev–Trinajstić information content (AvgIpc) is 3.18. The molecular weight excluding hydrogens is 528 g/mol. The molecule has 1 aliphatic heterocycles. The fraction of sp³-hybridized carbons (Fsp3) is 0.350. The molecule has 34 heavy (non-hydrogen) atoms. The molecule has 1 fully saturated rings. The van der Waals surface area contributed by atoms with Gasteiger partial charge < -0.3 is 10.2 Å². The van der Waals surface area contributed by atoms with Crippen molar-refractivity contribution in [2.45, 2.75) is 22.3 Å². The van der Waals surface area contributed by atoms with Crippen molar-refractivity contribution < 1.29 is 34.8 Å². The van der Waals surface area contributed by atoms with E-state index in [4.69, 9.17) is 0 Å². The zero-order chi connectivity index (χ0) is 24.0. The molecule has 1 aromatic carbocycles. The van der Waals surface area contributed by atoms with Gasteiger partial charge in [-0.15, -0.1) is 23.7 Å². The maximum atomic E-state index is 13.4. The maximum absolute atomic E-state index is 13.4. The number of benzene rings is 1. The fourth-order valence-electron chi connectivity index (χ4n) is 3.74. The van der Waals surface area contributed by atoms with Crippen molar-refractivity contribution in [2.24, 2.45) is 0 Å². The number of rotatable bonds is 4. The molecule has 4 rings (SSSR count). The van der Waals surface area contributed by atoms with E-state index in [1.807, 2.05) is 4.90 Å². The molecule has 3 heterocycles. The van der Waals surface area contributed by atoms with Gasteiger partial charge in [-0.05, 0) is 29.8 Å². The molecule has 0 aliphatic carbocycles. The lowest BCUT2D eigenvalue weighted by Crippen LogP contribution is -2.43. The summed E-state index contributed by atoms with van der Waals surface area (Å²) in [7, 11) is -4.53. The van der Waals surface area contributed by atoms with Gasteiger partial charge in [0.2, 0.25) is 0 Å². The molecule has 0 amide bonds. The first-order valence-corrected chi connectivity index (χ1v) is 12.2. The SMILES string of the molecule is Cl.O=S(=O)(Cc1c(C(F)(F)F)cccc1C(F)(F)F)c1cc2c(N3CCNCC3)nccc2s1. The second kappa shape index (κ2) is 9.51. The second-order valence-corrected chi connectivity index (χ2v) is 10.7. The Balaban J connectivity index is 0.00000324. The summed E-state index contributed by atoms with van der Waals surface area (Å²) in [5, 5.41) is 3.67. The van der Waals surface area contributed by atoms with E-state index in [2.05, 4.69) is 10.3 Å². The van der Waals surface area contributed by atoms with Crippen LogP contribution in [0, 0.1) is 0 Å². The van der Waals surface area contributed by atoms with E-state index >= 15 is 0 Å². The average molecular weight is 546 g/mol. The Hall–Kier alpha value is -2.09. The summed E-state index contributed by atoms with van der Waals surface area (Å²) in [6, 6.07) is 4.38. The van der Waals surface area contributed by atoms with Gasteiger partial charge in [-0.2, -0.15) is 26.3 Å². The largest absolute Gasteiger partial charge is 0.416 e. The van der Waals surface area contributed by atoms with Crippen LogP contribution in [0.1, 0.15) is 16.7 Å². The van der Waals surface area contributed by atoms with E-state index in [0.29, 0.717) is 60.3 Å². The molecule has 0 saturated carbocycles. The first kappa shape index (κ1) is 26.5. The highest BCUT2D eigenvalue weighted by atomic mass is 35.5. The van der Waals surface area contributed by atoms with Gasteiger partial charge in [-0.3, -0.25) is 0 Å².